The average molecular weight is 403 g/mol. The summed E-state index contributed by atoms with van der Waals surface area (Å²) in [4.78, 5) is 22.5. The quantitative estimate of drug-likeness (QED) is 0.238. The lowest BCUT2D eigenvalue weighted by Crippen LogP contribution is -2.14. The molecule has 0 N–H and O–H groups in total. The molecule has 0 heterocycles. The molecule has 0 aliphatic rings. The van der Waals surface area contributed by atoms with Crippen LogP contribution in [0.3, 0.4) is 0 Å². The van der Waals surface area contributed by atoms with Crippen molar-refractivity contribution < 1.29 is 23.8 Å². The van der Waals surface area contributed by atoms with Gasteiger partial charge in [0.25, 0.3) is 0 Å². The van der Waals surface area contributed by atoms with Crippen molar-refractivity contribution in [3.8, 4) is 5.75 Å². The number of benzene rings is 1. The molecule has 29 heavy (non-hydrogen) atoms. The second kappa shape index (κ2) is 14.4. The van der Waals surface area contributed by atoms with Crippen molar-refractivity contribution >= 4 is 18.0 Å². The Morgan fingerprint density at radius 1 is 1.10 bits per heavy atom. The predicted octanol–water partition coefficient (Wildman–Crippen LogP) is 5.35. The third-order valence-corrected chi connectivity index (χ3v) is 4.64. The second-order valence-electron chi connectivity index (χ2n) is 7.13. The molecule has 0 aliphatic heterocycles. The molecule has 5 heteroatoms. The molecule has 1 rings (SSSR count). The van der Waals surface area contributed by atoms with Crippen molar-refractivity contribution in [3.63, 3.8) is 0 Å². The number of ether oxygens (including phenoxy) is 3. The highest BCUT2D eigenvalue weighted by Crippen LogP contribution is 2.17. The molecule has 0 amide bonds. The summed E-state index contributed by atoms with van der Waals surface area (Å²) in [6.07, 6.45) is 9.57. The van der Waals surface area contributed by atoms with Crippen LogP contribution in [0.2, 0.25) is 0 Å². The van der Waals surface area contributed by atoms with E-state index in [-0.39, 0.29) is 11.9 Å². The van der Waals surface area contributed by atoms with Crippen LogP contribution in [0.5, 0.6) is 5.75 Å². The van der Waals surface area contributed by atoms with Gasteiger partial charge >= 0.3 is 11.9 Å². The number of esters is 2. The second-order valence-corrected chi connectivity index (χ2v) is 7.13. The van der Waals surface area contributed by atoms with Gasteiger partial charge in [0.1, 0.15) is 5.75 Å². The summed E-state index contributed by atoms with van der Waals surface area (Å²) in [5, 5.41) is 0. The minimum atomic E-state index is -0.372. The smallest absolute Gasteiger partial charge is 0.333 e. The minimum absolute atomic E-state index is 0.298. The summed E-state index contributed by atoms with van der Waals surface area (Å²) in [6.45, 7) is 8.57. The van der Waals surface area contributed by atoms with Crippen LogP contribution in [0.25, 0.3) is 6.08 Å². The molecule has 0 bridgehead atoms. The van der Waals surface area contributed by atoms with Gasteiger partial charge in [0.15, 0.2) is 0 Å². The molecule has 0 saturated heterocycles. The number of carbonyl (C=O) groups is 2. The van der Waals surface area contributed by atoms with Gasteiger partial charge in [0.2, 0.25) is 0 Å². The Balaban J connectivity index is 2.14. The van der Waals surface area contributed by atoms with E-state index in [1.165, 1.54) is 13.2 Å². The van der Waals surface area contributed by atoms with Crippen LogP contribution in [0.15, 0.2) is 42.5 Å². The van der Waals surface area contributed by atoms with Crippen LogP contribution in [0.4, 0.5) is 0 Å². The van der Waals surface area contributed by atoms with Crippen molar-refractivity contribution in [2.75, 3.05) is 20.3 Å². The molecule has 0 fully saturated rings. The van der Waals surface area contributed by atoms with Gasteiger partial charge in [-0.3, -0.25) is 0 Å². The highest BCUT2D eigenvalue weighted by molar-refractivity contribution is 5.87. The lowest BCUT2D eigenvalue weighted by molar-refractivity contribution is -0.140. The van der Waals surface area contributed by atoms with Gasteiger partial charge in [-0.1, -0.05) is 51.3 Å². The first-order valence-corrected chi connectivity index (χ1v) is 10.3. The normalized spacial score (nSPS) is 11.8. The van der Waals surface area contributed by atoms with Crippen molar-refractivity contribution in [1.82, 2.24) is 0 Å². The van der Waals surface area contributed by atoms with E-state index in [1.807, 2.05) is 24.3 Å². The molecule has 1 aromatic rings. The highest BCUT2D eigenvalue weighted by Gasteiger charge is 2.10. The third kappa shape index (κ3) is 11.1. The topological polar surface area (TPSA) is 61.8 Å². The maximum absolute atomic E-state index is 11.5. The number of hydrogen-bond acceptors (Lipinski definition) is 5. The van der Waals surface area contributed by atoms with Crippen LogP contribution < -0.4 is 4.74 Å². The molecular weight excluding hydrogens is 368 g/mol. The van der Waals surface area contributed by atoms with Crippen molar-refractivity contribution in [1.29, 1.82) is 0 Å². The monoisotopic (exact) mass is 402 g/mol. The standard InChI is InChI=1S/C24H34O5/c1-5-20(18-29-24(26)19(2)3)10-8-6-7-9-17-28-22-14-11-21(12-15-22)13-16-23(25)27-4/h11-16,20H,2,5-10,17-18H2,1,3-4H3/b16-13+. The highest BCUT2D eigenvalue weighted by atomic mass is 16.5. The molecule has 0 aliphatic carbocycles. The molecular formula is C24H34O5. The SMILES string of the molecule is C=C(C)C(=O)OCC(CC)CCCCCCOc1ccc(/C=C/C(=O)OC)cc1. The molecule has 0 radical (unpaired) electrons. The zero-order valence-corrected chi connectivity index (χ0v) is 17.9. The van der Waals surface area contributed by atoms with Crippen LogP contribution >= 0.6 is 0 Å². The summed E-state index contributed by atoms with van der Waals surface area (Å²) in [6, 6.07) is 7.60. The molecule has 1 aromatic carbocycles. The Morgan fingerprint density at radius 2 is 1.79 bits per heavy atom. The number of methoxy groups -OCH3 is 1. The number of hydrogen-bond donors (Lipinski definition) is 0. The molecule has 0 saturated carbocycles. The largest absolute Gasteiger partial charge is 0.494 e. The van der Waals surface area contributed by atoms with Gasteiger partial charge in [-0.2, -0.15) is 0 Å². The number of carbonyl (C=O) groups excluding carboxylic acids is 2. The zero-order valence-electron chi connectivity index (χ0n) is 17.9. The van der Waals surface area contributed by atoms with Gasteiger partial charge in [-0.25, -0.2) is 9.59 Å². The van der Waals surface area contributed by atoms with E-state index < -0.39 is 0 Å². The van der Waals surface area contributed by atoms with Crippen LogP contribution in [-0.4, -0.2) is 32.3 Å². The third-order valence-electron chi connectivity index (χ3n) is 4.64. The minimum Gasteiger partial charge on any atom is -0.494 e. The van der Waals surface area contributed by atoms with E-state index in [0.717, 1.165) is 49.8 Å². The van der Waals surface area contributed by atoms with E-state index in [1.54, 1.807) is 13.0 Å². The van der Waals surface area contributed by atoms with Crippen molar-refractivity contribution in [3.05, 3.63) is 48.1 Å². The molecule has 0 spiro atoms. The number of rotatable bonds is 14. The fourth-order valence-corrected chi connectivity index (χ4v) is 2.71. The van der Waals surface area contributed by atoms with Crippen LogP contribution in [-0.2, 0) is 19.1 Å². The maximum atomic E-state index is 11.5. The van der Waals surface area contributed by atoms with E-state index >= 15 is 0 Å². The Labute approximate surface area is 174 Å². The predicted molar refractivity (Wildman–Crippen MR) is 116 cm³/mol. The first-order valence-electron chi connectivity index (χ1n) is 10.3. The van der Waals surface area contributed by atoms with Gasteiger partial charge in [0, 0.05) is 11.6 Å². The van der Waals surface area contributed by atoms with E-state index in [9.17, 15) is 9.59 Å². The van der Waals surface area contributed by atoms with Crippen molar-refractivity contribution in [2.45, 2.75) is 52.4 Å². The lowest BCUT2D eigenvalue weighted by Gasteiger charge is -2.15. The fraction of sp³-hybridized carbons (Fsp3) is 0.500. The Morgan fingerprint density at radius 3 is 2.41 bits per heavy atom. The van der Waals surface area contributed by atoms with Gasteiger partial charge in [0.05, 0.1) is 20.3 Å². The summed E-state index contributed by atoms with van der Waals surface area (Å²) in [5.41, 5.74) is 1.37. The fourth-order valence-electron chi connectivity index (χ4n) is 2.71. The first-order chi connectivity index (χ1) is 14.0. The zero-order chi connectivity index (χ0) is 21.5. The summed E-state index contributed by atoms with van der Waals surface area (Å²) in [7, 11) is 1.35. The Kier molecular flexibility index (Phi) is 12.2. The molecule has 160 valence electrons. The first kappa shape index (κ1) is 24.5. The van der Waals surface area contributed by atoms with Crippen molar-refractivity contribution in [2.24, 2.45) is 5.92 Å². The van der Waals surface area contributed by atoms with E-state index in [4.69, 9.17) is 9.47 Å². The summed E-state index contributed by atoms with van der Waals surface area (Å²) >= 11 is 0. The van der Waals surface area contributed by atoms with Gasteiger partial charge < -0.3 is 14.2 Å². The molecule has 1 atom stereocenters. The van der Waals surface area contributed by atoms with Crippen LogP contribution in [0.1, 0.15) is 57.9 Å². The van der Waals surface area contributed by atoms with Gasteiger partial charge in [-0.15, -0.1) is 0 Å². The van der Waals surface area contributed by atoms with Gasteiger partial charge in [-0.05, 0) is 49.5 Å². The number of unbranched alkanes of at least 4 members (excludes halogenated alkanes) is 3. The Hall–Kier alpha value is -2.56. The van der Waals surface area contributed by atoms with Crippen LogP contribution in [0, 0.1) is 5.92 Å². The van der Waals surface area contributed by atoms with E-state index in [0.29, 0.717) is 24.7 Å². The molecule has 1 unspecified atom stereocenters. The lowest BCUT2D eigenvalue weighted by atomic mass is 9.99. The maximum Gasteiger partial charge on any atom is 0.333 e. The molecule has 0 aromatic heterocycles. The Bertz CT molecular complexity index is 660. The molecule has 5 nitrogen and oxygen atoms in total. The summed E-state index contributed by atoms with van der Waals surface area (Å²) < 4.78 is 15.6. The summed E-state index contributed by atoms with van der Waals surface area (Å²) in [5.74, 6) is 0.573. The van der Waals surface area contributed by atoms with E-state index in [2.05, 4.69) is 18.2 Å². The average Bonchev–Trinajstić information content (AvgIpc) is 2.73.